The number of ether oxygens (including phenoxy) is 1. The molecule has 0 spiro atoms. The zero-order valence-corrected chi connectivity index (χ0v) is 11.7. The van der Waals surface area contributed by atoms with Crippen molar-refractivity contribution in [2.24, 2.45) is 0 Å². The van der Waals surface area contributed by atoms with Crippen LogP contribution < -0.4 is 10.5 Å². The smallest absolute Gasteiger partial charge is 0.153 e. The van der Waals surface area contributed by atoms with Gasteiger partial charge in [0.2, 0.25) is 0 Å². The molecule has 0 unspecified atom stereocenters. The SMILES string of the molecule is Cc1cc(Oc2cc(F)c(I)cc2N)ccc1F. The van der Waals surface area contributed by atoms with Crippen molar-refractivity contribution in [1.29, 1.82) is 0 Å². The molecule has 0 aromatic heterocycles. The summed E-state index contributed by atoms with van der Waals surface area (Å²) in [4.78, 5) is 0. The van der Waals surface area contributed by atoms with E-state index in [1.165, 1.54) is 30.3 Å². The molecule has 2 N–H and O–H groups in total. The van der Waals surface area contributed by atoms with E-state index in [9.17, 15) is 8.78 Å². The fourth-order valence-electron chi connectivity index (χ4n) is 1.44. The molecule has 0 heterocycles. The highest BCUT2D eigenvalue weighted by molar-refractivity contribution is 14.1. The van der Waals surface area contributed by atoms with Crippen molar-refractivity contribution < 1.29 is 13.5 Å². The van der Waals surface area contributed by atoms with Crippen LogP contribution in [-0.4, -0.2) is 0 Å². The van der Waals surface area contributed by atoms with Gasteiger partial charge in [0, 0.05) is 6.07 Å². The maximum atomic E-state index is 13.4. The number of aryl methyl sites for hydroxylation is 1. The fraction of sp³-hybridized carbons (Fsp3) is 0.0769. The molecule has 0 aliphatic rings. The van der Waals surface area contributed by atoms with Gasteiger partial charge in [0.1, 0.15) is 17.4 Å². The molecular formula is C13H10F2INO. The Morgan fingerprint density at radius 1 is 1.11 bits per heavy atom. The van der Waals surface area contributed by atoms with Gasteiger partial charge in [0.25, 0.3) is 0 Å². The highest BCUT2D eigenvalue weighted by atomic mass is 127. The van der Waals surface area contributed by atoms with Crippen molar-refractivity contribution in [2.75, 3.05) is 5.73 Å². The molecule has 0 atom stereocenters. The number of halogens is 3. The van der Waals surface area contributed by atoms with E-state index in [1.807, 2.05) is 22.6 Å². The summed E-state index contributed by atoms with van der Waals surface area (Å²) in [6.07, 6.45) is 0. The zero-order valence-electron chi connectivity index (χ0n) is 9.51. The monoisotopic (exact) mass is 361 g/mol. The van der Waals surface area contributed by atoms with Crippen molar-refractivity contribution in [3.05, 3.63) is 51.1 Å². The van der Waals surface area contributed by atoms with E-state index < -0.39 is 5.82 Å². The minimum absolute atomic E-state index is 0.221. The molecular weight excluding hydrogens is 351 g/mol. The van der Waals surface area contributed by atoms with E-state index >= 15 is 0 Å². The van der Waals surface area contributed by atoms with E-state index in [-0.39, 0.29) is 11.6 Å². The first kappa shape index (κ1) is 13.1. The van der Waals surface area contributed by atoms with Gasteiger partial charge >= 0.3 is 0 Å². The number of benzene rings is 2. The molecule has 94 valence electrons. The van der Waals surface area contributed by atoms with Gasteiger partial charge < -0.3 is 10.5 Å². The predicted octanol–water partition coefficient (Wildman–Crippen LogP) is 4.25. The number of rotatable bonds is 2. The van der Waals surface area contributed by atoms with Gasteiger partial charge in [-0.1, -0.05) is 0 Å². The van der Waals surface area contributed by atoms with E-state index in [2.05, 4.69) is 0 Å². The molecule has 18 heavy (non-hydrogen) atoms. The van der Waals surface area contributed by atoms with E-state index in [0.29, 0.717) is 20.6 Å². The Bertz CT molecular complexity index is 602. The summed E-state index contributed by atoms with van der Waals surface area (Å²) >= 11 is 1.85. The molecule has 2 rings (SSSR count). The van der Waals surface area contributed by atoms with Crippen LogP contribution in [0.5, 0.6) is 11.5 Å². The molecule has 0 saturated carbocycles. The highest BCUT2D eigenvalue weighted by Gasteiger charge is 2.09. The lowest BCUT2D eigenvalue weighted by atomic mass is 10.2. The number of nitrogens with two attached hydrogens (primary N) is 1. The fourth-order valence-corrected chi connectivity index (χ4v) is 1.93. The van der Waals surface area contributed by atoms with Crippen LogP contribution in [0.15, 0.2) is 30.3 Å². The molecule has 0 aliphatic heterocycles. The Labute approximate surface area is 117 Å². The highest BCUT2D eigenvalue weighted by Crippen LogP contribution is 2.31. The van der Waals surface area contributed by atoms with Crippen molar-refractivity contribution >= 4 is 28.3 Å². The van der Waals surface area contributed by atoms with Crippen molar-refractivity contribution in [2.45, 2.75) is 6.92 Å². The number of hydrogen-bond donors (Lipinski definition) is 1. The van der Waals surface area contributed by atoms with Crippen LogP contribution in [0, 0.1) is 22.1 Å². The molecule has 2 aromatic carbocycles. The van der Waals surface area contributed by atoms with Crippen LogP contribution >= 0.6 is 22.6 Å². The quantitative estimate of drug-likeness (QED) is 0.641. The molecule has 0 bridgehead atoms. The second-order valence-corrected chi connectivity index (χ2v) is 4.98. The lowest BCUT2D eigenvalue weighted by Crippen LogP contribution is -1.95. The van der Waals surface area contributed by atoms with Gasteiger partial charge in [-0.25, -0.2) is 8.78 Å². The maximum absolute atomic E-state index is 13.4. The second kappa shape index (κ2) is 5.09. The third kappa shape index (κ3) is 2.72. The molecule has 0 radical (unpaired) electrons. The molecule has 5 heteroatoms. The molecule has 2 nitrogen and oxygen atoms in total. The average Bonchev–Trinajstić information content (AvgIpc) is 2.31. The van der Waals surface area contributed by atoms with Crippen LogP contribution in [0.3, 0.4) is 0 Å². The van der Waals surface area contributed by atoms with Gasteiger partial charge in [-0.15, -0.1) is 0 Å². The third-order valence-corrected chi connectivity index (χ3v) is 3.24. The van der Waals surface area contributed by atoms with Gasteiger partial charge in [0.15, 0.2) is 5.75 Å². The van der Waals surface area contributed by atoms with Gasteiger partial charge in [0.05, 0.1) is 9.26 Å². The van der Waals surface area contributed by atoms with Crippen LogP contribution in [0.4, 0.5) is 14.5 Å². The van der Waals surface area contributed by atoms with Crippen molar-refractivity contribution in [1.82, 2.24) is 0 Å². The topological polar surface area (TPSA) is 35.2 Å². The van der Waals surface area contributed by atoms with Gasteiger partial charge in [-0.05, 0) is 59.3 Å². The second-order valence-electron chi connectivity index (χ2n) is 3.82. The van der Waals surface area contributed by atoms with Crippen molar-refractivity contribution in [3.8, 4) is 11.5 Å². The first-order valence-electron chi connectivity index (χ1n) is 5.16. The van der Waals surface area contributed by atoms with E-state index in [0.717, 1.165) is 0 Å². The normalized spacial score (nSPS) is 10.4. The van der Waals surface area contributed by atoms with Crippen LogP contribution in [0.25, 0.3) is 0 Å². The van der Waals surface area contributed by atoms with Crippen LogP contribution in [-0.2, 0) is 0 Å². The van der Waals surface area contributed by atoms with E-state index in [1.54, 1.807) is 6.92 Å². The van der Waals surface area contributed by atoms with Gasteiger partial charge in [-0.3, -0.25) is 0 Å². The zero-order chi connectivity index (χ0) is 13.3. The molecule has 0 aliphatic carbocycles. The van der Waals surface area contributed by atoms with Crippen LogP contribution in [0.2, 0.25) is 0 Å². The largest absolute Gasteiger partial charge is 0.455 e. The average molecular weight is 361 g/mol. The van der Waals surface area contributed by atoms with Crippen LogP contribution in [0.1, 0.15) is 5.56 Å². The van der Waals surface area contributed by atoms with Crippen molar-refractivity contribution in [3.63, 3.8) is 0 Å². The summed E-state index contributed by atoms with van der Waals surface area (Å²) < 4.78 is 32.4. The summed E-state index contributed by atoms with van der Waals surface area (Å²) in [5.41, 5.74) is 6.53. The standard InChI is InChI=1S/C13H10F2INO/c1-7-4-8(2-3-9(7)14)18-13-5-10(15)11(16)6-12(13)17/h2-6H,17H2,1H3. The lowest BCUT2D eigenvalue weighted by Gasteiger charge is -2.10. The summed E-state index contributed by atoms with van der Waals surface area (Å²) in [6, 6.07) is 7.00. The summed E-state index contributed by atoms with van der Waals surface area (Å²) in [5.74, 6) is -0.0807. The molecule has 0 fully saturated rings. The summed E-state index contributed by atoms with van der Waals surface area (Å²) in [6.45, 7) is 1.63. The minimum Gasteiger partial charge on any atom is -0.455 e. The Morgan fingerprint density at radius 3 is 2.50 bits per heavy atom. The van der Waals surface area contributed by atoms with Gasteiger partial charge in [-0.2, -0.15) is 0 Å². The Hall–Kier alpha value is -1.37. The lowest BCUT2D eigenvalue weighted by molar-refractivity contribution is 0.476. The number of hydrogen-bond acceptors (Lipinski definition) is 2. The summed E-state index contributed by atoms with van der Waals surface area (Å²) in [5, 5.41) is 0. The predicted molar refractivity (Wildman–Crippen MR) is 74.7 cm³/mol. The number of anilines is 1. The molecule has 0 amide bonds. The molecule has 2 aromatic rings. The van der Waals surface area contributed by atoms with E-state index in [4.69, 9.17) is 10.5 Å². The molecule has 0 saturated heterocycles. The number of nitrogen functional groups attached to an aromatic ring is 1. The summed E-state index contributed by atoms with van der Waals surface area (Å²) in [7, 11) is 0. The third-order valence-electron chi connectivity index (χ3n) is 2.41. The Morgan fingerprint density at radius 2 is 1.83 bits per heavy atom. The Balaban J connectivity index is 2.34. The maximum Gasteiger partial charge on any atom is 0.153 e. The first-order chi connectivity index (χ1) is 8.47. The first-order valence-corrected chi connectivity index (χ1v) is 6.24. The Kier molecular flexibility index (Phi) is 3.70. The minimum atomic E-state index is -0.404.